The molecule has 140 valence electrons. The second-order valence-corrected chi connectivity index (χ2v) is 8.84. The molecule has 1 aliphatic carbocycles. The minimum Gasteiger partial charge on any atom is -0.355 e. The maximum Gasteiger partial charge on any atom is 0.230 e. The lowest BCUT2D eigenvalue weighted by Crippen LogP contribution is -2.39. The van der Waals surface area contributed by atoms with Crippen molar-refractivity contribution in [2.75, 3.05) is 6.54 Å². The normalized spacial score (nSPS) is 29.9. The fourth-order valence-electron chi connectivity index (χ4n) is 5.16. The summed E-state index contributed by atoms with van der Waals surface area (Å²) < 4.78 is 0. The number of hydrogen-bond acceptors (Lipinski definition) is 1. The van der Waals surface area contributed by atoms with Crippen LogP contribution in [-0.2, 0) is 4.79 Å². The number of allylic oxidation sites excluding steroid dienone is 1. The third-order valence-electron chi connectivity index (χ3n) is 6.58. The maximum atomic E-state index is 12.7. The number of nitrogens with one attached hydrogen (secondary N) is 1. The first kappa shape index (κ1) is 18.3. The van der Waals surface area contributed by atoms with Crippen LogP contribution in [0.15, 0.2) is 54.1 Å². The number of halogens is 1. The summed E-state index contributed by atoms with van der Waals surface area (Å²) in [6.07, 6.45) is 2.21. The van der Waals surface area contributed by atoms with E-state index in [1.165, 1.54) is 27.8 Å². The molecule has 27 heavy (non-hydrogen) atoms. The van der Waals surface area contributed by atoms with Gasteiger partial charge >= 0.3 is 0 Å². The third kappa shape index (κ3) is 2.91. The van der Waals surface area contributed by atoms with Crippen molar-refractivity contribution >= 4 is 17.5 Å². The van der Waals surface area contributed by atoms with E-state index in [2.05, 4.69) is 69.4 Å². The summed E-state index contributed by atoms with van der Waals surface area (Å²) >= 11 is 6.22. The van der Waals surface area contributed by atoms with E-state index in [-0.39, 0.29) is 23.7 Å². The van der Waals surface area contributed by atoms with Gasteiger partial charge in [0.25, 0.3) is 0 Å². The SMILES string of the molecule is CC1=C[C@@]2(C)C(=O)NC[C@H]2[C@@H](c2ccc(C)cc2)[C@@H]1c1ccc(Cl)cc1C. The zero-order valence-corrected chi connectivity index (χ0v) is 17.1. The lowest BCUT2D eigenvalue weighted by molar-refractivity contribution is -0.126. The van der Waals surface area contributed by atoms with Gasteiger partial charge in [0.15, 0.2) is 0 Å². The van der Waals surface area contributed by atoms with Crippen molar-refractivity contribution in [1.82, 2.24) is 5.32 Å². The molecule has 2 aliphatic rings. The number of carbonyl (C=O) groups is 1. The molecule has 0 aromatic heterocycles. The Labute approximate surface area is 166 Å². The second kappa shape index (κ2) is 6.53. The van der Waals surface area contributed by atoms with E-state index in [0.29, 0.717) is 0 Å². The highest BCUT2D eigenvalue weighted by Crippen LogP contribution is 2.56. The highest BCUT2D eigenvalue weighted by molar-refractivity contribution is 6.30. The molecule has 2 aromatic rings. The Morgan fingerprint density at radius 2 is 1.78 bits per heavy atom. The third-order valence-corrected chi connectivity index (χ3v) is 6.82. The number of hydrogen-bond donors (Lipinski definition) is 1. The van der Waals surface area contributed by atoms with E-state index in [1.54, 1.807) is 0 Å². The number of aryl methyl sites for hydroxylation is 2. The van der Waals surface area contributed by atoms with Crippen LogP contribution in [0.1, 0.15) is 47.9 Å². The molecule has 2 aromatic carbocycles. The van der Waals surface area contributed by atoms with E-state index in [4.69, 9.17) is 11.6 Å². The van der Waals surface area contributed by atoms with Crippen LogP contribution in [0.25, 0.3) is 0 Å². The lowest BCUT2D eigenvalue weighted by Gasteiger charge is -2.43. The van der Waals surface area contributed by atoms with Crippen LogP contribution in [0.4, 0.5) is 0 Å². The maximum absolute atomic E-state index is 12.7. The van der Waals surface area contributed by atoms with Crippen LogP contribution < -0.4 is 5.32 Å². The van der Waals surface area contributed by atoms with Crippen LogP contribution in [-0.4, -0.2) is 12.5 Å². The molecule has 0 radical (unpaired) electrons. The molecule has 1 aliphatic heterocycles. The zero-order chi connectivity index (χ0) is 19.3. The van der Waals surface area contributed by atoms with E-state index < -0.39 is 5.41 Å². The largest absolute Gasteiger partial charge is 0.355 e. The summed E-state index contributed by atoms with van der Waals surface area (Å²) in [6, 6.07) is 15.0. The van der Waals surface area contributed by atoms with Gasteiger partial charge in [0.05, 0.1) is 5.41 Å². The van der Waals surface area contributed by atoms with Crippen molar-refractivity contribution in [2.24, 2.45) is 11.3 Å². The number of fused-ring (bicyclic) bond motifs is 1. The first-order valence-corrected chi connectivity index (χ1v) is 9.99. The zero-order valence-electron chi connectivity index (χ0n) is 16.3. The Morgan fingerprint density at radius 1 is 1.07 bits per heavy atom. The summed E-state index contributed by atoms with van der Waals surface area (Å²) in [5.74, 6) is 0.877. The van der Waals surface area contributed by atoms with Crippen LogP contribution >= 0.6 is 11.6 Å². The smallest absolute Gasteiger partial charge is 0.230 e. The molecule has 0 bridgehead atoms. The summed E-state index contributed by atoms with van der Waals surface area (Å²) in [6.45, 7) is 9.23. The van der Waals surface area contributed by atoms with Crippen LogP contribution in [0, 0.1) is 25.2 Å². The van der Waals surface area contributed by atoms with Gasteiger partial charge < -0.3 is 5.32 Å². The number of benzene rings is 2. The highest BCUT2D eigenvalue weighted by atomic mass is 35.5. The molecule has 0 spiro atoms. The van der Waals surface area contributed by atoms with E-state index in [1.807, 2.05) is 12.1 Å². The van der Waals surface area contributed by atoms with Gasteiger partial charge in [-0.1, -0.05) is 59.1 Å². The molecule has 1 saturated heterocycles. The minimum atomic E-state index is -0.448. The van der Waals surface area contributed by atoms with Crippen molar-refractivity contribution in [3.8, 4) is 0 Å². The molecule has 1 N–H and O–H groups in total. The topological polar surface area (TPSA) is 29.1 Å². The highest BCUT2D eigenvalue weighted by Gasteiger charge is 2.53. The monoisotopic (exact) mass is 379 g/mol. The summed E-state index contributed by atoms with van der Waals surface area (Å²) in [5, 5.41) is 3.89. The Bertz CT molecular complexity index is 930. The minimum absolute atomic E-state index is 0.148. The fourth-order valence-corrected chi connectivity index (χ4v) is 5.39. The molecule has 2 nitrogen and oxygen atoms in total. The van der Waals surface area contributed by atoms with Gasteiger partial charge in [-0.3, -0.25) is 4.79 Å². The first-order chi connectivity index (χ1) is 12.8. The first-order valence-electron chi connectivity index (χ1n) is 9.61. The van der Waals surface area contributed by atoms with Crippen molar-refractivity contribution in [3.63, 3.8) is 0 Å². The Morgan fingerprint density at radius 3 is 2.44 bits per heavy atom. The molecule has 1 amide bonds. The van der Waals surface area contributed by atoms with Crippen LogP contribution in [0.2, 0.25) is 5.02 Å². The van der Waals surface area contributed by atoms with Gasteiger partial charge in [0, 0.05) is 29.3 Å². The Kier molecular flexibility index (Phi) is 4.43. The fraction of sp³-hybridized carbons (Fsp3) is 0.375. The van der Waals surface area contributed by atoms with Crippen molar-refractivity contribution in [2.45, 2.75) is 39.5 Å². The molecule has 3 heteroatoms. The summed E-state index contributed by atoms with van der Waals surface area (Å²) in [4.78, 5) is 12.7. The van der Waals surface area contributed by atoms with Gasteiger partial charge in [0.2, 0.25) is 5.91 Å². The Hall–Kier alpha value is -2.06. The molecule has 0 unspecified atom stereocenters. The lowest BCUT2D eigenvalue weighted by atomic mass is 9.58. The molecule has 1 fully saturated rings. The molecule has 4 rings (SSSR count). The van der Waals surface area contributed by atoms with Crippen molar-refractivity contribution in [1.29, 1.82) is 0 Å². The quantitative estimate of drug-likeness (QED) is 0.682. The number of amides is 1. The molecule has 0 saturated carbocycles. The molecule has 1 heterocycles. The number of rotatable bonds is 2. The average molecular weight is 380 g/mol. The van der Waals surface area contributed by atoms with Gasteiger partial charge in [-0.05, 0) is 56.5 Å². The van der Waals surface area contributed by atoms with Gasteiger partial charge in [0.1, 0.15) is 0 Å². The second-order valence-electron chi connectivity index (χ2n) is 8.40. The van der Waals surface area contributed by atoms with Gasteiger partial charge in [-0.2, -0.15) is 0 Å². The van der Waals surface area contributed by atoms with Crippen molar-refractivity contribution < 1.29 is 4.79 Å². The van der Waals surface area contributed by atoms with Crippen LogP contribution in [0.3, 0.4) is 0 Å². The molecular weight excluding hydrogens is 354 g/mol. The molecular formula is C24H26ClNO. The van der Waals surface area contributed by atoms with E-state index >= 15 is 0 Å². The Balaban J connectivity index is 1.92. The average Bonchev–Trinajstić information content (AvgIpc) is 2.90. The van der Waals surface area contributed by atoms with E-state index in [0.717, 1.165) is 11.6 Å². The van der Waals surface area contributed by atoms with Crippen molar-refractivity contribution in [3.05, 3.63) is 81.4 Å². The van der Waals surface area contributed by atoms with E-state index in [9.17, 15) is 4.79 Å². The summed E-state index contributed by atoms with van der Waals surface area (Å²) in [5.41, 5.74) is 5.89. The number of carbonyl (C=O) groups excluding carboxylic acids is 1. The van der Waals surface area contributed by atoms with Gasteiger partial charge in [-0.25, -0.2) is 0 Å². The van der Waals surface area contributed by atoms with Gasteiger partial charge in [-0.15, -0.1) is 0 Å². The predicted molar refractivity (Wildman–Crippen MR) is 111 cm³/mol. The molecule has 4 atom stereocenters. The standard InChI is InChI=1S/C24H26ClNO/c1-14-5-7-17(8-6-14)22-20-13-26-23(27)24(20,4)12-16(3)21(22)19-10-9-18(25)11-15(19)2/h5-12,20-22H,13H2,1-4H3,(H,26,27)/t20-,21-,22+,24+/m0/s1. The summed E-state index contributed by atoms with van der Waals surface area (Å²) in [7, 11) is 0. The predicted octanol–water partition coefficient (Wildman–Crippen LogP) is 5.54. The van der Waals surface area contributed by atoms with Crippen LogP contribution in [0.5, 0.6) is 0 Å².